The van der Waals surface area contributed by atoms with E-state index in [0.29, 0.717) is 5.84 Å². The number of hydrogen-bond donors (Lipinski definition) is 1. The highest BCUT2D eigenvalue weighted by molar-refractivity contribution is 9.10. The molecule has 0 aliphatic carbocycles. The van der Waals surface area contributed by atoms with Crippen LogP contribution in [-0.4, -0.2) is 11.7 Å². The third-order valence-electron chi connectivity index (χ3n) is 1.87. The van der Waals surface area contributed by atoms with Crippen LogP contribution < -0.4 is 10.7 Å². The summed E-state index contributed by atoms with van der Waals surface area (Å²) in [6, 6.07) is 7.33. The van der Waals surface area contributed by atoms with Crippen LogP contribution in [0.2, 0.25) is 0 Å². The number of carbonyl (C=O) groups excluding carboxylic acids is 1. The van der Waals surface area contributed by atoms with Gasteiger partial charge in [-0.15, -0.1) is 0 Å². The minimum Gasteiger partial charge on any atom is -0.385 e. The molecular weight excluding hydrogens is 246 g/mol. The molecule has 1 heterocycles. The van der Waals surface area contributed by atoms with Crippen molar-refractivity contribution in [3.8, 4) is 0 Å². The van der Waals surface area contributed by atoms with Crippen LogP contribution in [0.1, 0.15) is 6.42 Å². The third-order valence-corrected chi connectivity index (χ3v) is 2.40. The molecule has 0 radical (unpaired) electrons. The second-order valence-corrected chi connectivity index (χ2v) is 3.87. The third kappa shape index (κ3) is 1.63. The maximum absolute atomic E-state index is 11.4. The van der Waals surface area contributed by atoms with E-state index in [1.165, 1.54) is 5.01 Å². The molecule has 0 saturated heterocycles. The number of halogens is 1. The molecule has 0 atom stereocenters. The standard InChI is InChI=1S/C9H8BrN3O/c10-6-1-3-7(4-2-6)13-9(14)5-8(11)12-13/h1-4H,5H2,(H2,11,12). The van der Waals surface area contributed by atoms with E-state index in [-0.39, 0.29) is 12.3 Å². The molecule has 1 aromatic carbocycles. The topological polar surface area (TPSA) is 58.7 Å². The largest absolute Gasteiger partial charge is 0.385 e. The fraction of sp³-hybridized carbons (Fsp3) is 0.111. The van der Waals surface area contributed by atoms with Crippen molar-refractivity contribution in [3.63, 3.8) is 0 Å². The monoisotopic (exact) mass is 253 g/mol. The molecule has 72 valence electrons. The molecule has 5 heteroatoms. The van der Waals surface area contributed by atoms with Gasteiger partial charge in [0.05, 0.1) is 12.1 Å². The summed E-state index contributed by atoms with van der Waals surface area (Å²) in [5, 5.41) is 5.25. The van der Waals surface area contributed by atoms with Gasteiger partial charge in [0.25, 0.3) is 5.91 Å². The maximum Gasteiger partial charge on any atom is 0.255 e. The van der Waals surface area contributed by atoms with Crippen molar-refractivity contribution in [2.24, 2.45) is 10.8 Å². The van der Waals surface area contributed by atoms with Crippen molar-refractivity contribution in [1.29, 1.82) is 0 Å². The van der Waals surface area contributed by atoms with Gasteiger partial charge in [0.2, 0.25) is 0 Å². The smallest absolute Gasteiger partial charge is 0.255 e. The predicted octanol–water partition coefficient (Wildman–Crippen LogP) is 1.46. The Morgan fingerprint density at radius 2 is 2.00 bits per heavy atom. The number of amidine groups is 1. The summed E-state index contributed by atoms with van der Waals surface area (Å²) < 4.78 is 0.963. The van der Waals surface area contributed by atoms with E-state index < -0.39 is 0 Å². The Labute approximate surface area is 89.5 Å². The zero-order valence-electron chi connectivity index (χ0n) is 7.27. The summed E-state index contributed by atoms with van der Waals surface area (Å²) in [5.41, 5.74) is 6.20. The molecule has 4 nitrogen and oxygen atoms in total. The second kappa shape index (κ2) is 3.42. The van der Waals surface area contributed by atoms with Crippen molar-refractivity contribution in [2.45, 2.75) is 6.42 Å². The molecule has 1 aliphatic rings. The Kier molecular flexibility index (Phi) is 2.25. The van der Waals surface area contributed by atoms with Crippen LogP contribution in [0.15, 0.2) is 33.8 Å². The molecule has 1 aliphatic heterocycles. The zero-order valence-corrected chi connectivity index (χ0v) is 8.86. The number of anilines is 1. The Morgan fingerprint density at radius 3 is 2.50 bits per heavy atom. The molecule has 0 unspecified atom stereocenters. The summed E-state index contributed by atoms with van der Waals surface area (Å²) >= 11 is 3.32. The van der Waals surface area contributed by atoms with Crippen molar-refractivity contribution < 1.29 is 4.79 Å². The van der Waals surface area contributed by atoms with Crippen LogP contribution >= 0.6 is 15.9 Å². The van der Waals surface area contributed by atoms with Gasteiger partial charge >= 0.3 is 0 Å². The normalized spacial score (nSPS) is 15.9. The van der Waals surface area contributed by atoms with Gasteiger partial charge in [-0.2, -0.15) is 10.1 Å². The molecule has 1 aromatic rings. The second-order valence-electron chi connectivity index (χ2n) is 2.95. The Hall–Kier alpha value is -1.36. The first kappa shape index (κ1) is 9.21. The maximum atomic E-state index is 11.4. The number of amides is 1. The summed E-state index contributed by atoms with van der Waals surface area (Å²) in [5.74, 6) is 0.266. The molecule has 0 saturated carbocycles. The van der Waals surface area contributed by atoms with Crippen molar-refractivity contribution >= 4 is 33.4 Å². The van der Waals surface area contributed by atoms with Crippen LogP contribution in [-0.2, 0) is 4.79 Å². The first-order valence-electron chi connectivity index (χ1n) is 4.08. The first-order chi connectivity index (χ1) is 6.66. The molecule has 0 bridgehead atoms. The van der Waals surface area contributed by atoms with Crippen LogP contribution in [0.3, 0.4) is 0 Å². The molecule has 2 N–H and O–H groups in total. The molecule has 0 aromatic heterocycles. The van der Waals surface area contributed by atoms with Gasteiger partial charge in [-0.05, 0) is 24.3 Å². The molecule has 0 fully saturated rings. The number of nitrogens with zero attached hydrogens (tertiary/aromatic N) is 2. The number of rotatable bonds is 1. The number of nitrogens with two attached hydrogens (primary N) is 1. The number of hydrazone groups is 1. The summed E-state index contributed by atoms with van der Waals surface area (Å²) in [4.78, 5) is 11.4. The van der Waals surface area contributed by atoms with Gasteiger partial charge < -0.3 is 5.73 Å². The van der Waals surface area contributed by atoms with E-state index >= 15 is 0 Å². The van der Waals surface area contributed by atoms with Crippen molar-refractivity contribution in [3.05, 3.63) is 28.7 Å². The van der Waals surface area contributed by atoms with E-state index in [4.69, 9.17) is 5.73 Å². The van der Waals surface area contributed by atoms with E-state index in [1.807, 2.05) is 24.3 Å². The average Bonchev–Trinajstić information content (AvgIpc) is 2.47. The van der Waals surface area contributed by atoms with Crippen LogP contribution in [0.25, 0.3) is 0 Å². The van der Waals surface area contributed by atoms with Crippen molar-refractivity contribution in [2.75, 3.05) is 5.01 Å². The first-order valence-corrected chi connectivity index (χ1v) is 4.87. The minimum atomic E-state index is -0.0928. The minimum absolute atomic E-state index is 0.0928. The SMILES string of the molecule is NC1=NN(c2ccc(Br)cc2)C(=O)C1. The molecule has 14 heavy (non-hydrogen) atoms. The van der Waals surface area contributed by atoms with Gasteiger partial charge in [-0.1, -0.05) is 15.9 Å². The number of hydrogen-bond acceptors (Lipinski definition) is 3. The van der Waals surface area contributed by atoms with Gasteiger partial charge in [-0.3, -0.25) is 4.79 Å². The van der Waals surface area contributed by atoms with Crippen LogP contribution in [0.5, 0.6) is 0 Å². The van der Waals surface area contributed by atoms with Gasteiger partial charge in [0.1, 0.15) is 5.84 Å². The number of benzene rings is 1. The lowest BCUT2D eigenvalue weighted by Crippen LogP contribution is -2.19. The van der Waals surface area contributed by atoms with Gasteiger partial charge in [0.15, 0.2) is 0 Å². The highest BCUT2D eigenvalue weighted by atomic mass is 79.9. The van der Waals surface area contributed by atoms with Gasteiger partial charge in [-0.25, -0.2) is 0 Å². The lowest BCUT2D eigenvalue weighted by Gasteiger charge is -2.10. The Bertz CT molecular complexity index is 399. The molecular formula is C9H8BrN3O. The fourth-order valence-electron chi connectivity index (χ4n) is 1.23. The summed E-state index contributed by atoms with van der Waals surface area (Å²) in [7, 11) is 0. The molecule has 2 rings (SSSR count). The zero-order chi connectivity index (χ0) is 10.1. The highest BCUT2D eigenvalue weighted by Gasteiger charge is 2.22. The van der Waals surface area contributed by atoms with Crippen LogP contribution in [0, 0.1) is 0 Å². The van der Waals surface area contributed by atoms with Gasteiger partial charge in [0, 0.05) is 4.47 Å². The Balaban J connectivity index is 2.32. The van der Waals surface area contributed by atoms with E-state index in [0.717, 1.165) is 10.2 Å². The molecule has 1 amide bonds. The number of carbonyl (C=O) groups is 1. The van der Waals surface area contributed by atoms with E-state index in [2.05, 4.69) is 21.0 Å². The predicted molar refractivity (Wildman–Crippen MR) is 57.9 cm³/mol. The van der Waals surface area contributed by atoms with E-state index in [9.17, 15) is 4.79 Å². The highest BCUT2D eigenvalue weighted by Crippen LogP contribution is 2.21. The van der Waals surface area contributed by atoms with Crippen molar-refractivity contribution in [1.82, 2.24) is 0 Å². The van der Waals surface area contributed by atoms with Crippen LogP contribution in [0.4, 0.5) is 5.69 Å². The Morgan fingerprint density at radius 1 is 1.36 bits per heavy atom. The van der Waals surface area contributed by atoms with E-state index in [1.54, 1.807) is 0 Å². The lowest BCUT2D eigenvalue weighted by molar-refractivity contribution is -0.116. The lowest BCUT2D eigenvalue weighted by atomic mass is 10.3. The average molecular weight is 254 g/mol. The molecule has 0 spiro atoms. The summed E-state index contributed by atoms with van der Waals surface area (Å²) in [6.07, 6.45) is 0.204. The summed E-state index contributed by atoms with van der Waals surface area (Å²) in [6.45, 7) is 0. The quantitative estimate of drug-likeness (QED) is 0.824. The fourth-order valence-corrected chi connectivity index (χ4v) is 1.50.